The average molecular weight is 309 g/mol. The summed E-state index contributed by atoms with van der Waals surface area (Å²) >= 11 is 0. The van der Waals surface area contributed by atoms with E-state index in [1.165, 1.54) is 0 Å². The van der Waals surface area contributed by atoms with E-state index in [1.807, 2.05) is 6.07 Å². The van der Waals surface area contributed by atoms with Crippen molar-refractivity contribution in [3.8, 4) is 0 Å². The van der Waals surface area contributed by atoms with E-state index in [1.54, 1.807) is 24.3 Å². The van der Waals surface area contributed by atoms with Crippen LogP contribution in [0.2, 0.25) is 0 Å². The number of fused-ring (bicyclic) bond motifs is 2. The summed E-state index contributed by atoms with van der Waals surface area (Å²) < 4.78 is 0. The summed E-state index contributed by atoms with van der Waals surface area (Å²) in [6, 6.07) is 8.37. The molecule has 1 aliphatic rings. The van der Waals surface area contributed by atoms with E-state index >= 15 is 0 Å². The minimum Gasteiger partial charge on any atom is -0.398 e. The van der Waals surface area contributed by atoms with Crippen LogP contribution >= 0.6 is 0 Å². The number of unbranched alkanes of at least 4 members (excludes halogenated alkanes) is 1. The highest BCUT2D eigenvalue weighted by atomic mass is 16.1. The van der Waals surface area contributed by atoms with E-state index in [2.05, 4.69) is 12.2 Å². The Labute approximate surface area is 134 Å². The lowest BCUT2D eigenvalue weighted by atomic mass is 9.81. The number of nitrogens with one attached hydrogen (secondary N) is 1. The van der Waals surface area contributed by atoms with Crippen LogP contribution in [-0.2, 0) is 0 Å². The fraction of sp³-hybridized carbons (Fsp3) is 0.222. The van der Waals surface area contributed by atoms with E-state index in [0.29, 0.717) is 16.8 Å². The van der Waals surface area contributed by atoms with Gasteiger partial charge in [0, 0.05) is 29.2 Å². The van der Waals surface area contributed by atoms with Crippen LogP contribution in [0.5, 0.6) is 0 Å². The first-order valence-electron chi connectivity index (χ1n) is 7.70. The molecule has 23 heavy (non-hydrogen) atoms. The lowest BCUT2D eigenvalue weighted by molar-refractivity contribution is 0.0981. The molecule has 0 saturated heterocycles. The molecule has 5 nitrogen and oxygen atoms in total. The van der Waals surface area contributed by atoms with Gasteiger partial charge in [0.15, 0.2) is 11.6 Å². The van der Waals surface area contributed by atoms with Gasteiger partial charge in [-0.15, -0.1) is 0 Å². The zero-order chi connectivity index (χ0) is 16.6. The van der Waals surface area contributed by atoms with Gasteiger partial charge in [-0.05, 0) is 24.6 Å². The molecule has 118 valence electrons. The highest BCUT2D eigenvalue weighted by molar-refractivity contribution is 6.33. The molecule has 0 atom stereocenters. The number of carbonyl (C=O) groups excluding carboxylic acids is 2. The van der Waals surface area contributed by atoms with E-state index in [0.717, 1.165) is 19.4 Å². The maximum atomic E-state index is 13.0. The molecule has 0 heterocycles. The normalized spacial score (nSPS) is 12.7. The lowest BCUT2D eigenvalue weighted by Gasteiger charge is -2.23. The highest BCUT2D eigenvalue weighted by Crippen LogP contribution is 2.37. The molecule has 1 aliphatic carbocycles. The largest absolute Gasteiger partial charge is 0.398 e. The second-order valence-corrected chi connectivity index (χ2v) is 5.66. The number of hydrogen-bond donors (Lipinski definition) is 3. The second-order valence-electron chi connectivity index (χ2n) is 5.66. The zero-order valence-corrected chi connectivity index (χ0v) is 13.0. The summed E-state index contributed by atoms with van der Waals surface area (Å²) in [5.41, 5.74) is 14.3. The van der Waals surface area contributed by atoms with Gasteiger partial charge in [-0.25, -0.2) is 0 Å². The van der Waals surface area contributed by atoms with Crippen LogP contribution in [-0.4, -0.2) is 18.1 Å². The van der Waals surface area contributed by atoms with Crippen molar-refractivity contribution in [2.75, 3.05) is 23.3 Å². The van der Waals surface area contributed by atoms with Crippen molar-refractivity contribution in [2.24, 2.45) is 0 Å². The number of anilines is 3. The van der Waals surface area contributed by atoms with Crippen LogP contribution in [0.25, 0.3) is 0 Å². The quantitative estimate of drug-likeness (QED) is 0.508. The summed E-state index contributed by atoms with van der Waals surface area (Å²) in [6.07, 6.45) is 2.03. The molecule has 0 aliphatic heterocycles. The first-order chi connectivity index (χ1) is 11.1. The van der Waals surface area contributed by atoms with Crippen molar-refractivity contribution in [3.05, 3.63) is 52.6 Å². The summed E-state index contributed by atoms with van der Waals surface area (Å²) in [4.78, 5) is 25.7. The van der Waals surface area contributed by atoms with Gasteiger partial charge in [-0.3, -0.25) is 9.59 Å². The van der Waals surface area contributed by atoms with Crippen LogP contribution in [0.4, 0.5) is 17.1 Å². The van der Waals surface area contributed by atoms with Gasteiger partial charge in [0.25, 0.3) is 0 Å². The maximum Gasteiger partial charge on any atom is 0.198 e. The number of hydrogen-bond acceptors (Lipinski definition) is 5. The fourth-order valence-corrected chi connectivity index (χ4v) is 2.92. The van der Waals surface area contributed by atoms with Gasteiger partial charge in [-0.2, -0.15) is 0 Å². The third kappa shape index (κ3) is 2.34. The SMILES string of the molecule is CCCCNc1cccc2c1C(=O)c1c(N)ccc(N)c1C2=O. The van der Waals surface area contributed by atoms with Gasteiger partial charge in [0.05, 0.1) is 16.7 Å². The molecular formula is C18H19N3O2. The topological polar surface area (TPSA) is 98.2 Å². The van der Waals surface area contributed by atoms with Crippen LogP contribution in [0.15, 0.2) is 30.3 Å². The molecule has 5 N–H and O–H groups in total. The predicted octanol–water partition coefficient (Wildman–Crippen LogP) is 2.84. The van der Waals surface area contributed by atoms with Crippen molar-refractivity contribution in [1.29, 1.82) is 0 Å². The Balaban J connectivity index is 2.16. The third-order valence-electron chi connectivity index (χ3n) is 4.11. The van der Waals surface area contributed by atoms with Crippen LogP contribution in [0, 0.1) is 0 Å². The summed E-state index contributed by atoms with van der Waals surface area (Å²) in [5.74, 6) is -0.502. The molecule has 0 spiro atoms. The van der Waals surface area contributed by atoms with E-state index < -0.39 is 0 Å². The molecule has 0 saturated carbocycles. The second kappa shape index (κ2) is 5.76. The van der Waals surface area contributed by atoms with Crippen LogP contribution in [0.3, 0.4) is 0 Å². The Hall–Kier alpha value is -2.82. The first kappa shape index (κ1) is 15.1. The molecule has 0 aromatic heterocycles. The fourth-order valence-electron chi connectivity index (χ4n) is 2.92. The van der Waals surface area contributed by atoms with Gasteiger partial charge in [0.2, 0.25) is 0 Å². The Bertz CT molecular complexity index is 812. The lowest BCUT2D eigenvalue weighted by Crippen LogP contribution is -2.25. The van der Waals surface area contributed by atoms with E-state index in [4.69, 9.17) is 11.5 Å². The summed E-state index contributed by atoms with van der Waals surface area (Å²) in [5, 5.41) is 3.24. The third-order valence-corrected chi connectivity index (χ3v) is 4.11. The molecule has 2 aromatic carbocycles. The Morgan fingerprint density at radius 3 is 2.22 bits per heavy atom. The maximum absolute atomic E-state index is 13.0. The summed E-state index contributed by atoms with van der Waals surface area (Å²) in [7, 11) is 0. The number of rotatable bonds is 4. The minimum absolute atomic E-state index is 0.215. The Morgan fingerprint density at radius 2 is 1.57 bits per heavy atom. The number of nitrogens with two attached hydrogens (primary N) is 2. The van der Waals surface area contributed by atoms with Gasteiger partial charge < -0.3 is 16.8 Å². The molecule has 5 heteroatoms. The van der Waals surface area contributed by atoms with Crippen molar-refractivity contribution < 1.29 is 9.59 Å². The minimum atomic E-state index is -0.251. The molecule has 0 unspecified atom stereocenters. The Kier molecular flexibility index (Phi) is 3.78. The van der Waals surface area contributed by atoms with Crippen LogP contribution in [0.1, 0.15) is 51.6 Å². The van der Waals surface area contributed by atoms with E-state index in [-0.39, 0.29) is 34.1 Å². The molecule has 0 amide bonds. The first-order valence-corrected chi connectivity index (χ1v) is 7.70. The number of nitrogen functional groups attached to an aromatic ring is 2. The molecule has 3 rings (SSSR count). The molecule has 0 bridgehead atoms. The van der Waals surface area contributed by atoms with Gasteiger partial charge >= 0.3 is 0 Å². The molecule has 2 aromatic rings. The van der Waals surface area contributed by atoms with Crippen molar-refractivity contribution in [2.45, 2.75) is 19.8 Å². The average Bonchev–Trinajstić information content (AvgIpc) is 2.54. The zero-order valence-electron chi connectivity index (χ0n) is 13.0. The predicted molar refractivity (Wildman–Crippen MR) is 92.0 cm³/mol. The number of carbonyl (C=O) groups is 2. The van der Waals surface area contributed by atoms with Gasteiger partial charge in [0.1, 0.15) is 0 Å². The molecule has 0 fully saturated rings. The van der Waals surface area contributed by atoms with Crippen molar-refractivity contribution >= 4 is 28.6 Å². The van der Waals surface area contributed by atoms with E-state index in [9.17, 15) is 9.59 Å². The highest BCUT2D eigenvalue weighted by Gasteiger charge is 2.34. The monoisotopic (exact) mass is 309 g/mol. The van der Waals surface area contributed by atoms with Gasteiger partial charge in [-0.1, -0.05) is 25.5 Å². The standard InChI is InChI=1S/C18H19N3O2/c1-2-3-9-21-13-6-4-5-10-14(13)18(23)16-12(20)8-7-11(19)15(16)17(10)22/h4-8,21H,2-3,9,19-20H2,1H3. The number of benzene rings is 2. The van der Waals surface area contributed by atoms with Crippen LogP contribution < -0.4 is 16.8 Å². The van der Waals surface area contributed by atoms with Crippen molar-refractivity contribution in [1.82, 2.24) is 0 Å². The number of ketones is 2. The summed E-state index contributed by atoms with van der Waals surface area (Å²) in [6.45, 7) is 2.84. The smallest absolute Gasteiger partial charge is 0.198 e. The molecular weight excluding hydrogens is 290 g/mol. The molecule has 0 radical (unpaired) electrons. The van der Waals surface area contributed by atoms with Crippen molar-refractivity contribution in [3.63, 3.8) is 0 Å². The Morgan fingerprint density at radius 1 is 0.913 bits per heavy atom.